The fourth-order valence-corrected chi connectivity index (χ4v) is 2.81. The van der Waals surface area contributed by atoms with Crippen molar-refractivity contribution in [2.24, 2.45) is 0 Å². The van der Waals surface area contributed by atoms with Gasteiger partial charge in [0.2, 0.25) is 5.91 Å². The Morgan fingerprint density at radius 2 is 2.08 bits per heavy atom. The molecule has 0 bridgehead atoms. The number of rotatable bonds is 6. The van der Waals surface area contributed by atoms with Crippen LogP contribution in [-0.2, 0) is 17.9 Å². The summed E-state index contributed by atoms with van der Waals surface area (Å²) < 4.78 is 39.0. The summed E-state index contributed by atoms with van der Waals surface area (Å²) in [6, 6.07) is 5.74. The molecule has 1 amide bonds. The second-order valence-electron chi connectivity index (χ2n) is 4.86. The molecule has 1 heterocycles. The zero-order valence-corrected chi connectivity index (χ0v) is 14.8. The number of amides is 1. The normalized spacial score (nSPS) is 11.8. The summed E-state index contributed by atoms with van der Waals surface area (Å²) in [6.07, 6.45) is 2.83. The molecule has 0 atom stereocenters. The van der Waals surface area contributed by atoms with Gasteiger partial charge < -0.3 is 9.88 Å². The number of hydrogen-bond donors (Lipinski definition) is 2. The number of carbonyl (C=O) groups excluding carboxylic acids is 1. The van der Waals surface area contributed by atoms with Gasteiger partial charge in [0.25, 0.3) is 0 Å². The van der Waals surface area contributed by atoms with Crippen LogP contribution in [0.3, 0.4) is 0 Å². The molecule has 0 spiro atoms. The third kappa shape index (κ3) is 6.05. The first-order valence-corrected chi connectivity index (χ1v) is 8.47. The van der Waals surface area contributed by atoms with Gasteiger partial charge in [-0.05, 0) is 54.7 Å². The van der Waals surface area contributed by atoms with Crippen LogP contribution in [-0.4, -0.2) is 26.2 Å². The summed E-state index contributed by atoms with van der Waals surface area (Å²) in [4.78, 5) is 11.9. The third-order valence-electron chi connectivity index (χ3n) is 3.12. The number of carbonyl (C=O) groups is 1. The molecule has 0 saturated heterocycles. The number of aromatic nitrogens is 3. The van der Waals surface area contributed by atoms with E-state index >= 15 is 0 Å². The van der Waals surface area contributed by atoms with Crippen molar-refractivity contribution in [1.29, 1.82) is 0 Å². The summed E-state index contributed by atoms with van der Waals surface area (Å²) in [5.41, 5.74) is -3.69. The topological polar surface area (TPSA) is 62.7 Å². The van der Waals surface area contributed by atoms with Crippen LogP contribution in [0.1, 0.15) is 18.3 Å². The molecule has 10 heteroatoms. The molecule has 0 aliphatic heterocycles. The second kappa shape index (κ2) is 8.34. The summed E-state index contributed by atoms with van der Waals surface area (Å²) in [5.74, 6) is 0.271. The fraction of sp³-hybridized carbons (Fsp3) is 0.267. The Bertz CT molecular complexity index is 809. The van der Waals surface area contributed by atoms with Crippen molar-refractivity contribution in [3.8, 4) is 0 Å². The van der Waals surface area contributed by atoms with Gasteiger partial charge in [-0.25, -0.2) is 0 Å². The highest BCUT2D eigenvalue weighted by atomic mass is 32.2. The fourth-order valence-electron chi connectivity index (χ4n) is 1.99. The minimum atomic E-state index is -4.32. The average Bonchev–Trinajstić information content (AvgIpc) is 2.90. The predicted octanol–water partition coefficient (Wildman–Crippen LogP) is 3.90. The zero-order valence-electron chi connectivity index (χ0n) is 13.1. The van der Waals surface area contributed by atoms with E-state index in [1.54, 1.807) is 4.57 Å². The van der Waals surface area contributed by atoms with E-state index in [0.717, 1.165) is 0 Å². The number of nitrogens with zero attached hydrogens (tertiary/aromatic N) is 2. The van der Waals surface area contributed by atoms with Gasteiger partial charge in [0.15, 0.2) is 10.6 Å². The number of H-pyrrole nitrogens is 1. The van der Waals surface area contributed by atoms with Crippen LogP contribution < -0.4 is 5.32 Å². The monoisotopic (exact) mass is 388 g/mol. The van der Waals surface area contributed by atoms with Gasteiger partial charge in [-0.2, -0.15) is 18.3 Å². The molecular formula is C15H15F3N4OS2. The number of aromatic amines is 1. The lowest BCUT2D eigenvalue weighted by molar-refractivity contribution is -0.116. The Balaban J connectivity index is 1.90. The van der Waals surface area contributed by atoms with Gasteiger partial charge in [-0.15, -0.1) is 0 Å². The Kier molecular flexibility index (Phi) is 6.43. The first-order valence-electron chi connectivity index (χ1n) is 7.24. The summed E-state index contributed by atoms with van der Waals surface area (Å²) in [7, 11) is 0. The van der Waals surface area contributed by atoms with Crippen LogP contribution in [0.15, 0.2) is 35.2 Å². The molecule has 0 unspecified atom stereocenters. The first kappa shape index (κ1) is 19.3. The molecule has 0 aliphatic rings. The Labute approximate surface area is 151 Å². The maximum Gasteiger partial charge on any atom is 0.446 e. The zero-order chi connectivity index (χ0) is 18.4. The largest absolute Gasteiger partial charge is 0.446 e. The van der Waals surface area contributed by atoms with Crippen molar-refractivity contribution in [2.75, 3.05) is 0 Å². The van der Waals surface area contributed by atoms with E-state index in [1.807, 2.05) is 6.92 Å². The number of benzene rings is 1. The molecule has 0 saturated carbocycles. The van der Waals surface area contributed by atoms with Crippen molar-refractivity contribution >= 4 is 36.0 Å². The molecule has 2 N–H and O–H groups in total. The van der Waals surface area contributed by atoms with E-state index in [0.29, 0.717) is 22.7 Å². The summed E-state index contributed by atoms with van der Waals surface area (Å²) in [5, 5.41) is 9.36. The molecule has 2 aromatic rings. The SMILES string of the molecule is CCn1c(CNC(=O)C=Cc2ccc(SC(F)(F)F)cc2)n[nH]c1=S. The maximum absolute atomic E-state index is 12.3. The highest BCUT2D eigenvalue weighted by molar-refractivity contribution is 8.00. The summed E-state index contributed by atoms with van der Waals surface area (Å²) >= 11 is 4.88. The van der Waals surface area contributed by atoms with E-state index in [-0.39, 0.29) is 29.1 Å². The second-order valence-corrected chi connectivity index (χ2v) is 6.38. The van der Waals surface area contributed by atoms with Crippen molar-refractivity contribution in [2.45, 2.75) is 30.4 Å². The van der Waals surface area contributed by atoms with Crippen molar-refractivity contribution in [3.63, 3.8) is 0 Å². The molecule has 25 heavy (non-hydrogen) atoms. The standard InChI is InChI=1S/C15H15F3N4OS2/c1-2-22-12(20-21-14(22)24)9-19-13(23)8-5-10-3-6-11(7-4-10)25-15(16,17)18/h3-8H,2,9H2,1H3,(H,19,23)(H,21,24). The molecule has 5 nitrogen and oxygen atoms in total. The number of nitrogens with one attached hydrogen (secondary N) is 2. The van der Waals surface area contributed by atoms with Gasteiger partial charge >= 0.3 is 5.51 Å². The van der Waals surface area contributed by atoms with Crippen LogP contribution in [0.25, 0.3) is 6.08 Å². The van der Waals surface area contributed by atoms with Crippen molar-refractivity contribution in [1.82, 2.24) is 20.1 Å². The van der Waals surface area contributed by atoms with E-state index in [9.17, 15) is 18.0 Å². The summed E-state index contributed by atoms with van der Waals surface area (Å²) in [6.45, 7) is 2.77. The predicted molar refractivity (Wildman–Crippen MR) is 92.3 cm³/mol. The van der Waals surface area contributed by atoms with Gasteiger partial charge in [0, 0.05) is 17.5 Å². The van der Waals surface area contributed by atoms with Crippen molar-refractivity contribution in [3.05, 3.63) is 46.5 Å². The van der Waals surface area contributed by atoms with Gasteiger partial charge in [0.05, 0.1) is 6.54 Å². The molecule has 0 aliphatic carbocycles. The molecule has 1 aromatic heterocycles. The van der Waals surface area contributed by atoms with Gasteiger partial charge in [0.1, 0.15) is 0 Å². The lowest BCUT2D eigenvalue weighted by atomic mass is 10.2. The van der Waals surface area contributed by atoms with Crippen LogP contribution in [0.2, 0.25) is 0 Å². The molecule has 0 fully saturated rings. The Hall–Kier alpha value is -2.07. The number of halogens is 3. The van der Waals surface area contributed by atoms with E-state index in [4.69, 9.17) is 12.2 Å². The molecule has 2 rings (SSSR count). The highest BCUT2D eigenvalue weighted by Crippen LogP contribution is 2.36. The third-order valence-corrected chi connectivity index (χ3v) is 4.17. The van der Waals surface area contributed by atoms with E-state index < -0.39 is 5.51 Å². The molecular weight excluding hydrogens is 373 g/mol. The number of thioether (sulfide) groups is 1. The molecule has 1 aromatic carbocycles. The number of alkyl halides is 3. The smallest absolute Gasteiger partial charge is 0.345 e. The quantitative estimate of drug-likeness (QED) is 0.448. The van der Waals surface area contributed by atoms with Crippen LogP contribution in [0.5, 0.6) is 0 Å². The van der Waals surface area contributed by atoms with Crippen molar-refractivity contribution < 1.29 is 18.0 Å². The molecule has 134 valence electrons. The first-order chi connectivity index (χ1) is 11.8. The van der Waals surface area contributed by atoms with Crippen LogP contribution in [0.4, 0.5) is 13.2 Å². The van der Waals surface area contributed by atoms with Crippen LogP contribution >= 0.6 is 24.0 Å². The lowest BCUT2D eigenvalue weighted by Crippen LogP contribution is -2.22. The minimum Gasteiger partial charge on any atom is -0.345 e. The lowest BCUT2D eigenvalue weighted by Gasteiger charge is -2.05. The highest BCUT2D eigenvalue weighted by Gasteiger charge is 2.28. The maximum atomic E-state index is 12.3. The Morgan fingerprint density at radius 3 is 2.68 bits per heavy atom. The van der Waals surface area contributed by atoms with E-state index in [2.05, 4.69) is 15.5 Å². The minimum absolute atomic E-state index is 0.0940. The van der Waals surface area contributed by atoms with Crippen LogP contribution in [0, 0.1) is 4.77 Å². The Morgan fingerprint density at radius 1 is 1.40 bits per heavy atom. The van der Waals surface area contributed by atoms with Gasteiger partial charge in [-0.1, -0.05) is 12.1 Å². The van der Waals surface area contributed by atoms with E-state index in [1.165, 1.54) is 36.4 Å². The number of hydrogen-bond acceptors (Lipinski definition) is 4. The molecule has 0 radical (unpaired) electrons. The van der Waals surface area contributed by atoms with Gasteiger partial charge in [-0.3, -0.25) is 9.89 Å². The average molecular weight is 388 g/mol.